The molecule has 0 aliphatic rings. The summed E-state index contributed by atoms with van der Waals surface area (Å²) in [6.07, 6.45) is 1.29. The SMILES string of the molecule is COCC(CNC(=O)c1ccc(C#CCO)cn1)OC. The highest BCUT2D eigenvalue weighted by Gasteiger charge is 2.11. The Kier molecular flexibility index (Phi) is 7.29. The van der Waals surface area contributed by atoms with E-state index >= 15 is 0 Å². The first-order valence-corrected chi connectivity index (χ1v) is 6.07. The molecule has 1 heterocycles. The molecular formula is C14H18N2O4. The van der Waals surface area contributed by atoms with E-state index in [2.05, 4.69) is 22.1 Å². The van der Waals surface area contributed by atoms with Crippen LogP contribution in [0.5, 0.6) is 0 Å². The fraction of sp³-hybridized carbons (Fsp3) is 0.429. The lowest BCUT2D eigenvalue weighted by molar-refractivity contribution is 0.0285. The van der Waals surface area contributed by atoms with Gasteiger partial charge >= 0.3 is 0 Å². The zero-order valence-corrected chi connectivity index (χ0v) is 11.5. The topological polar surface area (TPSA) is 80.7 Å². The number of pyridine rings is 1. The Morgan fingerprint density at radius 1 is 1.50 bits per heavy atom. The molecule has 0 spiro atoms. The summed E-state index contributed by atoms with van der Waals surface area (Å²) in [6.45, 7) is 0.539. The second kappa shape index (κ2) is 9.04. The van der Waals surface area contributed by atoms with Crippen molar-refractivity contribution in [2.24, 2.45) is 0 Å². The van der Waals surface area contributed by atoms with Crippen LogP contribution in [0.1, 0.15) is 16.1 Å². The van der Waals surface area contributed by atoms with Crippen LogP contribution in [0.2, 0.25) is 0 Å². The number of nitrogens with one attached hydrogen (secondary N) is 1. The van der Waals surface area contributed by atoms with Gasteiger partial charge in [-0.2, -0.15) is 0 Å². The molecule has 108 valence electrons. The van der Waals surface area contributed by atoms with Crippen molar-refractivity contribution in [2.75, 3.05) is 34.0 Å². The summed E-state index contributed by atoms with van der Waals surface area (Å²) in [4.78, 5) is 15.9. The third-order valence-corrected chi connectivity index (χ3v) is 2.48. The van der Waals surface area contributed by atoms with E-state index in [1.54, 1.807) is 26.4 Å². The van der Waals surface area contributed by atoms with Gasteiger partial charge in [0.05, 0.1) is 12.7 Å². The molecule has 6 nitrogen and oxygen atoms in total. The summed E-state index contributed by atoms with van der Waals surface area (Å²) in [5.74, 6) is 4.93. The van der Waals surface area contributed by atoms with Gasteiger partial charge in [-0.25, -0.2) is 4.98 Å². The molecule has 20 heavy (non-hydrogen) atoms. The van der Waals surface area contributed by atoms with Crippen LogP contribution in [0.3, 0.4) is 0 Å². The zero-order valence-electron chi connectivity index (χ0n) is 11.5. The van der Waals surface area contributed by atoms with Gasteiger partial charge in [0.25, 0.3) is 5.91 Å². The number of carbonyl (C=O) groups excluding carboxylic acids is 1. The van der Waals surface area contributed by atoms with E-state index in [4.69, 9.17) is 14.6 Å². The predicted octanol–water partition coefficient (Wildman–Crippen LogP) is -0.183. The Hall–Kier alpha value is -1.94. The Balaban J connectivity index is 2.55. The van der Waals surface area contributed by atoms with E-state index in [0.29, 0.717) is 24.4 Å². The van der Waals surface area contributed by atoms with Gasteiger partial charge in [0.15, 0.2) is 0 Å². The maximum Gasteiger partial charge on any atom is 0.269 e. The quantitative estimate of drug-likeness (QED) is 0.705. The number of carbonyl (C=O) groups is 1. The highest BCUT2D eigenvalue weighted by Crippen LogP contribution is 1.99. The fourth-order valence-electron chi connectivity index (χ4n) is 1.44. The van der Waals surface area contributed by atoms with Gasteiger partial charge in [0.1, 0.15) is 12.3 Å². The molecule has 0 aliphatic heterocycles. The van der Waals surface area contributed by atoms with E-state index in [0.717, 1.165) is 0 Å². The van der Waals surface area contributed by atoms with Gasteiger partial charge in [0.2, 0.25) is 0 Å². The smallest absolute Gasteiger partial charge is 0.269 e. The molecule has 2 N–H and O–H groups in total. The molecule has 1 rings (SSSR count). The minimum absolute atomic E-state index is 0.196. The lowest BCUT2D eigenvalue weighted by atomic mass is 10.2. The summed E-state index contributed by atoms with van der Waals surface area (Å²) >= 11 is 0. The number of hydrogen-bond acceptors (Lipinski definition) is 5. The highest BCUT2D eigenvalue weighted by molar-refractivity contribution is 5.92. The fourth-order valence-corrected chi connectivity index (χ4v) is 1.44. The van der Waals surface area contributed by atoms with Crippen LogP contribution < -0.4 is 5.32 Å². The van der Waals surface area contributed by atoms with Crippen LogP contribution in [-0.4, -0.2) is 56.1 Å². The summed E-state index contributed by atoms with van der Waals surface area (Å²) in [5, 5.41) is 11.3. The molecule has 0 saturated heterocycles. The molecule has 0 aliphatic carbocycles. The average molecular weight is 278 g/mol. The Bertz CT molecular complexity index is 476. The molecule has 0 bridgehead atoms. The first-order valence-electron chi connectivity index (χ1n) is 6.07. The summed E-state index contributed by atoms with van der Waals surface area (Å²) in [7, 11) is 3.13. The Labute approximate surface area is 118 Å². The van der Waals surface area contributed by atoms with Crippen molar-refractivity contribution in [3.8, 4) is 11.8 Å². The van der Waals surface area contributed by atoms with Crippen LogP contribution in [0.4, 0.5) is 0 Å². The van der Waals surface area contributed by atoms with Crippen LogP contribution in [0, 0.1) is 11.8 Å². The number of nitrogens with zero attached hydrogens (tertiary/aromatic N) is 1. The second-order valence-electron chi connectivity index (χ2n) is 3.92. The van der Waals surface area contributed by atoms with E-state index in [-0.39, 0.29) is 18.6 Å². The standard InChI is InChI=1S/C14H18N2O4/c1-19-10-12(20-2)9-16-14(18)13-6-5-11(8-15-13)4-3-7-17/h5-6,8,12,17H,7,9-10H2,1-2H3,(H,16,18). The van der Waals surface area contributed by atoms with Crippen molar-refractivity contribution < 1.29 is 19.4 Å². The molecule has 6 heteroatoms. The molecule has 0 saturated carbocycles. The molecular weight excluding hydrogens is 260 g/mol. The number of methoxy groups -OCH3 is 2. The molecule has 0 fully saturated rings. The third-order valence-electron chi connectivity index (χ3n) is 2.48. The summed E-state index contributed by atoms with van der Waals surface area (Å²) < 4.78 is 10.1. The Morgan fingerprint density at radius 3 is 2.85 bits per heavy atom. The largest absolute Gasteiger partial charge is 0.384 e. The number of rotatable bonds is 6. The van der Waals surface area contributed by atoms with Crippen LogP contribution in [-0.2, 0) is 9.47 Å². The number of amides is 1. The van der Waals surface area contributed by atoms with Gasteiger partial charge in [-0.1, -0.05) is 11.8 Å². The minimum atomic E-state index is -0.287. The number of aliphatic hydroxyl groups excluding tert-OH is 1. The lowest BCUT2D eigenvalue weighted by Crippen LogP contribution is -2.35. The minimum Gasteiger partial charge on any atom is -0.384 e. The van der Waals surface area contributed by atoms with Crippen molar-refractivity contribution in [3.63, 3.8) is 0 Å². The maximum absolute atomic E-state index is 11.8. The molecule has 1 unspecified atom stereocenters. The number of aromatic nitrogens is 1. The van der Waals surface area contributed by atoms with Crippen molar-refractivity contribution >= 4 is 5.91 Å². The predicted molar refractivity (Wildman–Crippen MR) is 73.2 cm³/mol. The first-order chi connectivity index (χ1) is 9.71. The summed E-state index contributed by atoms with van der Waals surface area (Å²) in [6, 6.07) is 3.25. The van der Waals surface area contributed by atoms with Gasteiger partial charge in [-0.15, -0.1) is 0 Å². The molecule has 1 atom stereocenters. The van der Waals surface area contributed by atoms with E-state index in [1.165, 1.54) is 6.20 Å². The van der Waals surface area contributed by atoms with Gasteiger partial charge in [-0.05, 0) is 12.1 Å². The second-order valence-corrected chi connectivity index (χ2v) is 3.92. The van der Waals surface area contributed by atoms with Crippen LogP contribution in [0.15, 0.2) is 18.3 Å². The van der Waals surface area contributed by atoms with Gasteiger partial charge in [0, 0.05) is 32.5 Å². The van der Waals surface area contributed by atoms with Gasteiger partial charge in [-0.3, -0.25) is 4.79 Å². The van der Waals surface area contributed by atoms with Crippen molar-refractivity contribution in [1.29, 1.82) is 0 Å². The monoisotopic (exact) mass is 278 g/mol. The normalized spacial score (nSPS) is 11.3. The van der Waals surface area contributed by atoms with E-state index < -0.39 is 0 Å². The third kappa shape index (κ3) is 5.36. The molecule has 1 aromatic rings. The van der Waals surface area contributed by atoms with Crippen LogP contribution >= 0.6 is 0 Å². The molecule has 1 amide bonds. The average Bonchev–Trinajstić information content (AvgIpc) is 2.49. The van der Waals surface area contributed by atoms with E-state index in [9.17, 15) is 4.79 Å². The summed E-state index contributed by atoms with van der Waals surface area (Å²) in [5.41, 5.74) is 0.941. The number of hydrogen-bond donors (Lipinski definition) is 2. The molecule has 1 aromatic heterocycles. The first kappa shape index (κ1) is 16.1. The van der Waals surface area contributed by atoms with Crippen molar-refractivity contribution in [2.45, 2.75) is 6.10 Å². The molecule has 0 radical (unpaired) electrons. The molecule has 0 aromatic carbocycles. The Morgan fingerprint density at radius 2 is 2.30 bits per heavy atom. The number of ether oxygens (including phenoxy) is 2. The van der Waals surface area contributed by atoms with Crippen molar-refractivity contribution in [3.05, 3.63) is 29.6 Å². The van der Waals surface area contributed by atoms with Gasteiger partial charge < -0.3 is 19.9 Å². The zero-order chi connectivity index (χ0) is 14.8. The maximum atomic E-state index is 11.8. The number of aliphatic hydroxyl groups is 1. The highest BCUT2D eigenvalue weighted by atomic mass is 16.5. The van der Waals surface area contributed by atoms with E-state index in [1.807, 2.05) is 0 Å². The lowest BCUT2D eigenvalue weighted by Gasteiger charge is -2.14. The van der Waals surface area contributed by atoms with Crippen molar-refractivity contribution in [1.82, 2.24) is 10.3 Å². The van der Waals surface area contributed by atoms with Crippen LogP contribution in [0.25, 0.3) is 0 Å².